The zero-order chi connectivity index (χ0) is 25.2. The average molecular weight is 476 g/mol. The lowest BCUT2D eigenvalue weighted by atomic mass is 9.87. The summed E-state index contributed by atoms with van der Waals surface area (Å²) >= 11 is 0. The summed E-state index contributed by atoms with van der Waals surface area (Å²) in [5, 5.41) is 7.34. The molecule has 4 rings (SSSR count). The predicted octanol–water partition coefficient (Wildman–Crippen LogP) is 6.41. The largest absolute Gasteiger partial charge is 0.486 e. The average Bonchev–Trinajstić information content (AvgIpc) is 3.39. The molecule has 0 saturated heterocycles. The minimum Gasteiger partial charge on any atom is -0.486 e. The molecule has 0 fully saturated rings. The number of anilines is 1. The Morgan fingerprint density at radius 1 is 1.06 bits per heavy atom. The van der Waals surface area contributed by atoms with E-state index in [2.05, 4.69) is 31.2 Å². The summed E-state index contributed by atoms with van der Waals surface area (Å²) < 4.78 is 27.2. The zero-order valence-corrected chi connectivity index (χ0v) is 20.7. The lowest BCUT2D eigenvalue weighted by Crippen LogP contribution is -2.12. The third kappa shape index (κ3) is 5.62. The normalized spacial score (nSPS) is 11.5. The molecule has 0 radical (unpaired) electrons. The maximum Gasteiger partial charge on any atom is 0.291 e. The van der Waals surface area contributed by atoms with E-state index >= 15 is 0 Å². The van der Waals surface area contributed by atoms with Gasteiger partial charge in [0.15, 0.2) is 5.76 Å². The summed E-state index contributed by atoms with van der Waals surface area (Å²) in [6.07, 6.45) is 0. The highest BCUT2D eigenvalue weighted by molar-refractivity contribution is 6.02. The van der Waals surface area contributed by atoms with Crippen molar-refractivity contribution in [1.82, 2.24) is 9.78 Å². The molecule has 2 heterocycles. The van der Waals surface area contributed by atoms with Crippen molar-refractivity contribution in [3.05, 3.63) is 101 Å². The molecule has 0 aliphatic carbocycles. The first-order valence-electron chi connectivity index (χ1n) is 11.5. The summed E-state index contributed by atoms with van der Waals surface area (Å²) in [7, 11) is 0. The number of rotatable bonds is 7. The van der Waals surface area contributed by atoms with Gasteiger partial charge in [-0.25, -0.2) is 4.39 Å². The van der Waals surface area contributed by atoms with Gasteiger partial charge in [0.25, 0.3) is 5.91 Å². The van der Waals surface area contributed by atoms with Crippen LogP contribution in [0.15, 0.2) is 65.1 Å². The van der Waals surface area contributed by atoms with Gasteiger partial charge >= 0.3 is 0 Å². The molecular formula is C28H30FN3O3. The van der Waals surface area contributed by atoms with Crippen molar-refractivity contribution in [3.8, 4) is 5.75 Å². The summed E-state index contributed by atoms with van der Waals surface area (Å²) in [6, 6.07) is 17.9. The minimum atomic E-state index is -0.387. The van der Waals surface area contributed by atoms with Gasteiger partial charge in [-0.3, -0.25) is 9.48 Å². The van der Waals surface area contributed by atoms with Crippen LogP contribution in [0.2, 0.25) is 0 Å². The van der Waals surface area contributed by atoms with Gasteiger partial charge in [-0.05, 0) is 55.2 Å². The van der Waals surface area contributed by atoms with E-state index in [1.54, 1.807) is 41.9 Å². The van der Waals surface area contributed by atoms with Crippen molar-refractivity contribution in [1.29, 1.82) is 0 Å². The highest BCUT2D eigenvalue weighted by Crippen LogP contribution is 2.25. The van der Waals surface area contributed by atoms with E-state index in [0.717, 1.165) is 11.4 Å². The third-order valence-electron chi connectivity index (χ3n) is 5.88. The molecule has 0 atom stereocenters. The Kier molecular flexibility index (Phi) is 6.78. The number of hydrogen-bond donors (Lipinski definition) is 1. The molecule has 4 aromatic rings. The van der Waals surface area contributed by atoms with Gasteiger partial charge in [0.2, 0.25) is 0 Å². The first-order valence-corrected chi connectivity index (χ1v) is 11.5. The molecule has 0 aliphatic heterocycles. The van der Waals surface area contributed by atoms with Crippen LogP contribution in [0.25, 0.3) is 0 Å². The van der Waals surface area contributed by atoms with Crippen molar-refractivity contribution in [2.24, 2.45) is 0 Å². The lowest BCUT2D eigenvalue weighted by Gasteiger charge is -2.19. The second kappa shape index (κ2) is 9.78. The van der Waals surface area contributed by atoms with E-state index < -0.39 is 0 Å². The van der Waals surface area contributed by atoms with E-state index in [4.69, 9.17) is 9.15 Å². The zero-order valence-electron chi connectivity index (χ0n) is 20.7. The molecule has 182 valence electrons. The predicted molar refractivity (Wildman–Crippen MR) is 133 cm³/mol. The molecule has 0 spiro atoms. The first kappa shape index (κ1) is 24.3. The number of aromatic nitrogens is 2. The molecule has 0 unspecified atom stereocenters. The maximum atomic E-state index is 14.1. The van der Waals surface area contributed by atoms with E-state index in [1.165, 1.54) is 11.6 Å². The fourth-order valence-electron chi connectivity index (χ4n) is 3.78. The second-order valence-corrected chi connectivity index (χ2v) is 9.58. The molecule has 35 heavy (non-hydrogen) atoms. The van der Waals surface area contributed by atoms with Crippen LogP contribution in [0, 0.1) is 19.7 Å². The number of halogens is 1. The number of carbonyl (C=O) groups is 1. The summed E-state index contributed by atoms with van der Waals surface area (Å²) in [5.41, 5.74) is 3.78. The Labute approximate surface area is 204 Å². The summed E-state index contributed by atoms with van der Waals surface area (Å²) in [5.74, 6) is 0.767. The monoisotopic (exact) mass is 475 g/mol. The first-order chi connectivity index (χ1) is 16.6. The Bertz CT molecular complexity index is 1330. The molecule has 6 nitrogen and oxygen atoms in total. The van der Waals surface area contributed by atoms with Crippen molar-refractivity contribution in [3.63, 3.8) is 0 Å². The van der Waals surface area contributed by atoms with E-state index in [1.807, 2.05) is 31.2 Å². The maximum absolute atomic E-state index is 14.1. The van der Waals surface area contributed by atoms with Gasteiger partial charge in [-0.15, -0.1) is 0 Å². The Hall–Kier alpha value is -3.87. The van der Waals surface area contributed by atoms with Gasteiger partial charge in [0.1, 0.15) is 23.9 Å². The number of nitrogens with one attached hydrogen (secondary N) is 1. The highest BCUT2D eigenvalue weighted by atomic mass is 19.1. The number of benzene rings is 2. The van der Waals surface area contributed by atoms with Gasteiger partial charge in [-0.2, -0.15) is 5.10 Å². The molecule has 2 aromatic heterocycles. The van der Waals surface area contributed by atoms with Crippen LogP contribution in [-0.2, 0) is 18.6 Å². The Morgan fingerprint density at radius 2 is 1.77 bits per heavy atom. The molecule has 7 heteroatoms. The van der Waals surface area contributed by atoms with Gasteiger partial charge in [0, 0.05) is 5.56 Å². The quantitative estimate of drug-likeness (QED) is 0.335. The molecular weight excluding hydrogens is 445 g/mol. The number of amides is 1. The van der Waals surface area contributed by atoms with E-state index in [-0.39, 0.29) is 36.1 Å². The number of aryl methyl sites for hydroxylation is 1. The van der Waals surface area contributed by atoms with Gasteiger partial charge in [-0.1, -0.05) is 51.1 Å². The van der Waals surface area contributed by atoms with Crippen molar-refractivity contribution >= 4 is 11.6 Å². The van der Waals surface area contributed by atoms with Gasteiger partial charge in [0.05, 0.1) is 23.6 Å². The fraction of sp³-hybridized carbons (Fsp3) is 0.286. The highest BCUT2D eigenvalue weighted by Gasteiger charge is 2.19. The van der Waals surface area contributed by atoms with Gasteiger partial charge < -0.3 is 14.5 Å². The fourth-order valence-corrected chi connectivity index (χ4v) is 3.78. The number of hydrogen-bond acceptors (Lipinski definition) is 4. The number of nitrogens with zero attached hydrogens (tertiary/aromatic N) is 2. The molecule has 0 saturated carbocycles. The Morgan fingerprint density at radius 3 is 2.46 bits per heavy atom. The van der Waals surface area contributed by atoms with Crippen LogP contribution in [0.4, 0.5) is 10.1 Å². The topological polar surface area (TPSA) is 69.3 Å². The standard InChI is InChI=1S/C28H30FN3O3/c1-18-26(19(2)32(31-18)16-20-8-6-7-9-24(20)29)30-27(33)25-15-14-23(35-25)17-34-22-12-10-21(11-13-22)28(3,4)5/h6-15H,16-17H2,1-5H3,(H,30,33). The third-order valence-corrected chi connectivity index (χ3v) is 5.88. The van der Waals surface area contributed by atoms with Crippen LogP contribution in [0.1, 0.15) is 59.6 Å². The minimum absolute atomic E-state index is 0.0761. The van der Waals surface area contributed by atoms with Crippen LogP contribution in [0.5, 0.6) is 5.75 Å². The summed E-state index contributed by atoms with van der Waals surface area (Å²) in [4.78, 5) is 12.8. The smallest absolute Gasteiger partial charge is 0.291 e. The van der Waals surface area contributed by atoms with E-state index in [9.17, 15) is 9.18 Å². The number of furan rings is 1. The van der Waals surface area contributed by atoms with Crippen molar-refractivity contribution in [2.45, 2.75) is 53.2 Å². The molecule has 1 amide bonds. The number of carbonyl (C=O) groups excluding carboxylic acids is 1. The lowest BCUT2D eigenvalue weighted by molar-refractivity contribution is 0.0992. The molecule has 2 aromatic carbocycles. The van der Waals surface area contributed by atoms with Crippen LogP contribution >= 0.6 is 0 Å². The van der Waals surface area contributed by atoms with Crippen LogP contribution in [0.3, 0.4) is 0 Å². The second-order valence-electron chi connectivity index (χ2n) is 9.58. The van der Waals surface area contributed by atoms with Crippen LogP contribution in [-0.4, -0.2) is 15.7 Å². The molecule has 0 aliphatic rings. The summed E-state index contributed by atoms with van der Waals surface area (Å²) in [6.45, 7) is 10.6. The van der Waals surface area contributed by atoms with Crippen LogP contribution < -0.4 is 10.1 Å². The SMILES string of the molecule is Cc1nn(Cc2ccccc2F)c(C)c1NC(=O)c1ccc(COc2ccc(C(C)(C)C)cc2)o1. The van der Waals surface area contributed by atoms with Crippen molar-refractivity contribution < 1.29 is 18.3 Å². The van der Waals surface area contributed by atoms with Crippen molar-refractivity contribution in [2.75, 3.05) is 5.32 Å². The molecule has 0 bridgehead atoms. The van der Waals surface area contributed by atoms with E-state index in [0.29, 0.717) is 22.7 Å². The molecule has 1 N–H and O–H groups in total. The Balaban J connectivity index is 1.39. The number of ether oxygens (including phenoxy) is 1.